The number of nitrogens with zero attached hydrogens (tertiary/aromatic N) is 3. The molecule has 0 radical (unpaired) electrons. The van der Waals surface area contributed by atoms with Crippen LogP contribution in [0, 0.1) is 13.8 Å². The maximum atomic E-state index is 5.96. The van der Waals surface area contributed by atoms with Crippen molar-refractivity contribution in [2.45, 2.75) is 26.7 Å². The van der Waals surface area contributed by atoms with Crippen molar-refractivity contribution >= 4 is 17.6 Å². The van der Waals surface area contributed by atoms with E-state index in [-0.39, 0.29) is 0 Å². The molecule has 7 heteroatoms. The highest BCUT2D eigenvalue weighted by Crippen LogP contribution is 2.21. The number of hydrogen-bond acceptors (Lipinski definition) is 6. The maximum absolute atomic E-state index is 5.96. The summed E-state index contributed by atoms with van der Waals surface area (Å²) < 4.78 is 10.3. The minimum atomic E-state index is 0.402. The van der Waals surface area contributed by atoms with Gasteiger partial charge >= 0.3 is 6.01 Å². The van der Waals surface area contributed by atoms with Crippen molar-refractivity contribution in [3.63, 3.8) is 0 Å². The Bertz CT molecular complexity index is 777. The lowest BCUT2D eigenvalue weighted by atomic mass is 10.1. The van der Waals surface area contributed by atoms with Gasteiger partial charge in [-0.15, -0.1) is 0 Å². The van der Waals surface area contributed by atoms with E-state index in [0.29, 0.717) is 16.9 Å². The Morgan fingerprint density at radius 1 is 1.17 bits per heavy atom. The number of hydrogen-bond donors (Lipinski definition) is 1. The summed E-state index contributed by atoms with van der Waals surface area (Å²) in [7, 11) is 0. The third-order valence-corrected chi connectivity index (χ3v) is 3.80. The van der Waals surface area contributed by atoms with E-state index in [1.54, 1.807) is 12.1 Å². The first kappa shape index (κ1) is 15.6. The van der Waals surface area contributed by atoms with Crippen molar-refractivity contribution in [3.05, 3.63) is 46.3 Å². The zero-order valence-corrected chi connectivity index (χ0v) is 13.7. The van der Waals surface area contributed by atoms with Gasteiger partial charge < -0.3 is 14.4 Å². The topological polar surface area (TPSA) is 77.0 Å². The molecule has 6 nitrogen and oxygen atoms in total. The number of anilines is 1. The summed E-state index contributed by atoms with van der Waals surface area (Å²) in [5.41, 5.74) is 2.94. The second-order valence-electron chi connectivity index (χ2n) is 5.27. The largest absolute Gasteiger partial charge is 0.361 e. The van der Waals surface area contributed by atoms with Crippen molar-refractivity contribution in [3.8, 4) is 11.4 Å². The molecule has 2 aromatic heterocycles. The number of rotatable bonds is 6. The molecular formula is C16H17ClN4O2. The Balaban J connectivity index is 1.54. The van der Waals surface area contributed by atoms with E-state index in [2.05, 4.69) is 20.6 Å². The first-order valence-corrected chi connectivity index (χ1v) is 7.76. The minimum Gasteiger partial charge on any atom is -0.361 e. The van der Waals surface area contributed by atoms with Gasteiger partial charge in [0, 0.05) is 22.7 Å². The number of nitrogens with one attached hydrogen (secondary N) is 1. The van der Waals surface area contributed by atoms with Gasteiger partial charge in [-0.3, -0.25) is 0 Å². The van der Waals surface area contributed by atoms with Crippen molar-refractivity contribution in [2.24, 2.45) is 0 Å². The first-order chi connectivity index (χ1) is 11.1. The molecule has 0 unspecified atom stereocenters. The monoisotopic (exact) mass is 332 g/mol. The number of halogens is 1. The van der Waals surface area contributed by atoms with E-state index in [1.807, 2.05) is 26.0 Å². The Morgan fingerprint density at radius 2 is 2.04 bits per heavy atom. The molecular weight excluding hydrogens is 316 g/mol. The van der Waals surface area contributed by atoms with Crippen LogP contribution in [0.1, 0.15) is 23.4 Å². The van der Waals surface area contributed by atoms with Crippen LogP contribution in [0.4, 0.5) is 6.01 Å². The predicted octanol–water partition coefficient (Wildman–Crippen LogP) is 4.04. The van der Waals surface area contributed by atoms with Gasteiger partial charge in [0.2, 0.25) is 5.82 Å². The van der Waals surface area contributed by atoms with Gasteiger partial charge in [-0.2, -0.15) is 4.98 Å². The molecule has 0 fully saturated rings. The molecule has 120 valence electrons. The fraction of sp³-hybridized carbons (Fsp3) is 0.312. The zero-order valence-electron chi connectivity index (χ0n) is 13.0. The van der Waals surface area contributed by atoms with E-state index in [1.165, 1.54) is 0 Å². The van der Waals surface area contributed by atoms with E-state index >= 15 is 0 Å². The molecule has 0 aliphatic carbocycles. The van der Waals surface area contributed by atoms with Crippen LogP contribution in [0.25, 0.3) is 11.4 Å². The van der Waals surface area contributed by atoms with E-state index < -0.39 is 0 Å². The second-order valence-corrected chi connectivity index (χ2v) is 5.70. The second kappa shape index (κ2) is 6.83. The summed E-state index contributed by atoms with van der Waals surface area (Å²) in [6, 6.07) is 7.74. The maximum Gasteiger partial charge on any atom is 0.321 e. The fourth-order valence-electron chi connectivity index (χ4n) is 2.36. The van der Waals surface area contributed by atoms with Crippen LogP contribution >= 0.6 is 11.6 Å². The molecule has 2 heterocycles. The van der Waals surface area contributed by atoms with Gasteiger partial charge in [-0.1, -0.05) is 34.0 Å². The minimum absolute atomic E-state index is 0.402. The fourth-order valence-corrected chi connectivity index (χ4v) is 2.55. The Morgan fingerprint density at radius 3 is 2.78 bits per heavy atom. The van der Waals surface area contributed by atoms with Crippen LogP contribution in [0.15, 0.2) is 33.3 Å². The molecule has 1 N–H and O–H groups in total. The average molecular weight is 333 g/mol. The molecule has 0 atom stereocenters. The number of aromatic nitrogens is 3. The van der Waals surface area contributed by atoms with E-state index in [0.717, 1.165) is 42.0 Å². The van der Waals surface area contributed by atoms with Gasteiger partial charge in [0.15, 0.2) is 0 Å². The molecule has 3 rings (SSSR count). The van der Waals surface area contributed by atoms with Crippen molar-refractivity contribution in [1.82, 2.24) is 15.3 Å². The molecule has 0 amide bonds. The van der Waals surface area contributed by atoms with Crippen LogP contribution in [0.2, 0.25) is 5.02 Å². The summed E-state index contributed by atoms with van der Waals surface area (Å²) >= 11 is 5.96. The molecule has 0 saturated heterocycles. The molecule has 23 heavy (non-hydrogen) atoms. The molecule has 0 bridgehead atoms. The summed E-state index contributed by atoms with van der Waals surface area (Å²) in [5.74, 6) is 1.39. The molecule has 0 aliphatic heterocycles. The molecule has 3 aromatic rings. The summed E-state index contributed by atoms with van der Waals surface area (Å²) in [6.45, 7) is 4.60. The van der Waals surface area contributed by atoms with Crippen LogP contribution in [0.5, 0.6) is 0 Å². The first-order valence-electron chi connectivity index (χ1n) is 7.39. The summed E-state index contributed by atoms with van der Waals surface area (Å²) in [4.78, 5) is 4.31. The number of aryl methyl sites for hydroxylation is 2. The lowest BCUT2D eigenvalue weighted by Crippen LogP contribution is -2.03. The highest BCUT2D eigenvalue weighted by Gasteiger charge is 2.10. The SMILES string of the molecule is Cc1noc(C)c1CCCNc1nc(-c2cccc(Cl)c2)no1. The summed E-state index contributed by atoms with van der Waals surface area (Å²) in [5, 5.41) is 11.7. The smallest absolute Gasteiger partial charge is 0.321 e. The van der Waals surface area contributed by atoms with Gasteiger partial charge in [0.25, 0.3) is 0 Å². The third kappa shape index (κ3) is 3.71. The Labute approximate surface area is 138 Å². The van der Waals surface area contributed by atoms with E-state index in [4.69, 9.17) is 20.6 Å². The molecule has 0 aliphatic rings. The average Bonchev–Trinajstić information content (AvgIpc) is 3.12. The summed E-state index contributed by atoms with van der Waals surface area (Å²) in [6.07, 6.45) is 1.81. The lowest BCUT2D eigenvalue weighted by molar-refractivity contribution is 0.392. The molecule has 0 saturated carbocycles. The van der Waals surface area contributed by atoms with Crippen molar-refractivity contribution in [2.75, 3.05) is 11.9 Å². The van der Waals surface area contributed by atoms with Crippen LogP contribution in [-0.2, 0) is 6.42 Å². The number of benzene rings is 1. The van der Waals surface area contributed by atoms with Crippen LogP contribution < -0.4 is 5.32 Å². The molecule has 1 aromatic carbocycles. The standard InChI is InChI=1S/C16H17ClN4O2/c1-10-14(11(2)22-20-10)7-4-8-18-16-19-15(21-23-16)12-5-3-6-13(17)9-12/h3,5-6,9H,4,7-8H2,1-2H3,(H,18,19,21). The highest BCUT2D eigenvalue weighted by molar-refractivity contribution is 6.30. The van der Waals surface area contributed by atoms with Gasteiger partial charge in [0.1, 0.15) is 5.76 Å². The van der Waals surface area contributed by atoms with E-state index in [9.17, 15) is 0 Å². The highest BCUT2D eigenvalue weighted by atomic mass is 35.5. The quantitative estimate of drug-likeness (QED) is 0.686. The van der Waals surface area contributed by atoms with Crippen LogP contribution in [0.3, 0.4) is 0 Å². The van der Waals surface area contributed by atoms with Crippen molar-refractivity contribution in [1.29, 1.82) is 0 Å². The van der Waals surface area contributed by atoms with Gasteiger partial charge in [-0.05, 0) is 38.8 Å². The lowest BCUT2D eigenvalue weighted by Gasteiger charge is -2.01. The van der Waals surface area contributed by atoms with Gasteiger partial charge in [-0.25, -0.2) is 0 Å². The molecule has 0 spiro atoms. The van der Waals surface area contributed by atoms with Gasteiger partial charge in [0.05, 0.1) is 5.69 Å². The Kier molecular flexibility index (Phi) is 4.62. The zero-order chi connectivity index (χ0) is 16.2. The Hall–Kier alpha value is -2.34. The van der Waals surface area contributed by atoms with Crippen LogP contribution in [-0.4, -0.2) is 21.8 Å². The predicted molar refractivity (Wildman–Crippen MR) is 87.5 cm³/mol. The third-order valence-electron chi connectivity index (χ3n) is 3.57. The van der Waals surface area contributed by atoms with Crippen molar-refractivity contribution < 1.29 is 9.05 Å². The normalized spacial score (nSPS) is 10.9.